The van der Waals surface area contributed by atoms with Gasteiger partial charge in [0, 0.05) is 6.54 Å². The van der Waals surface area contributed by atoms with Crippen LogP contribution < -0.4 is 16.4 Å². The lowest BCUT2D eigenvalue weighted by molar-refractivity contribution is -0.143. The molecule has 4 unspecified atom stereocenters. The van der Waals surface area contributed by atoms with E-state index in [9.17, 15) is 24.3 Å². The highest BCUT2D eigenvalue weighted by molar-refractivity contribution is 5.93. The van der Waals surface area contributed by atoms with Crippen molar-refractivity contribution in [2.45, 2.75) is 57.7 Å². The highest BCUT2D eigenvalue weighted by Gasteiger charge is 2.36. The third-order valence-electron chi connectivity index (χ3n) is 5.67. The number of aliphatic carboxylic acids is 1. The smallest absolute Gasteiger partial charge is 0.326 e. The van der Waals surface area contributed by atoms with E-state index in [1.165, 1.54) is 4.90 Å². The Kier molecular flexibility index (Phi) is 8.99. The van der Waals surface area contributed by atoms with Crippen LogP contribution in [-0.2, 0) is 25.6 Å². The van der Waals surface area contributed by atoms with Gasteiger partial charge >= 0.3 is 5.97 Å². The second-order valence-electron chi connectivity index (χ2n) is 7.97. The molecule has 1 fully saturated rings. The van der Waals surface area contributed by atoms with Crippen molar-refractivity contribution < 1.29 is 24.3 Å². The van der Waals surface area contributed by atoms with Gasteiger partial charge in [0.15, 0.2) is 0 Å². The van der Waals surface area contributed by atoms with Crippen molar-refractivity contribution in [1.29, 1.82) is 0 Å². The number of carboxylic acid groups (broad SMARTS) is 1. The van der Waals surface area contributed by atoms with Crippen LogP contribution in [0.2, 0.25) is 0 Å². The molecule has 0 saturated carbocycles. The minimum absolute atomic E-state index is 0.244. The van der Waals surface area contributed by atoms with Crippen molar-refractivity contribution in [2.24, 2.45) is 11.7 Å². The quantitative estimate of drug-likeness (QED) is 0.418. The minimum atomic E-state index is -1.12. The molecule has 0 aliphatic carbocycles. The molecule has 0 bridgehead atoms. The molecule has 1 aromatic rings. The van der Waals surface area contributed by atoms with Crippen LogP contribution in [0.3, 0.4) is 0 Å². The number of hydrogen-bond acceptors (Lipinski definition) is 5. The summed E-state index contributed by atoms with van der Waals surface area (Å²) in [5.41, 5.74) is 7.03. The second kappa shape index (κ2) is 11.5. The maximum Gasteiger partial charge on any atom is 0.326 e. The summed E-state index contributed by atoms with van der Waals surface area (Å²) in [5.74, 6) is -2.69. The van der Waals surface area contributed by atoms with Crippen LogP contribution in [0.15, 0.2) is 30.3 Å². The zero-order valence-electron chi connectivity index (χ0n) is 18.0. The van der Waals surface area contributed by atoms with Gasteiger partial charge in [-0.05, 0) is 30.7 Å². The lowest BCUT2D eigenvalue weighted by Crippen LogP contribution is -2.53. The van der Waals surface area contributed by atoms with E-state index in [0.29, 0.717) is 32.2 Å². The van der Waals surface area contributed by atoms with Crippen molar-refractivity contribution >= 4 is 23.7 Å². The highest BCUT2D eigenvalue weighted by atomic mass is 16.4. The largest absolute Gasteiger partial charge is 0.480 e. The van der Waals surface area contributed by atoms with Crippen molar-refractivity contribution in [3.63, 3.8) is 0 Å². The summed E-state index contributed by atoms with van der Waals surface area (Å²) in [5, 5.41) is 14.2. The fraction of sp³-hybridized carbons (Fsp3) is 0.545. The summed E-state index contributed by atoms with van der Waals surface area (Å²) in [7, 11) is 0. The molecule has 9 heteroatoms. The Labute approximate surface area is 182 Å². The average molecular weight is 433 g/mol. The predicted molar refractivity (Wildman–Crippen MR) is 115 cm³/mol. The van der Waals surface area contributed by atoms with Gasteiger partial charge in [0.2, 0.25) is 17.7 Å². The Morgan fingerprint density at radius 1 is 1.23 bits per heavy atom. The Morgan fingerprint density at radius 3 is 2.52 bits per heavy atom. The third-order valence-corrected chi connectivity index (χ3v) is 5.67. The van der Waals surface area contributed by atoms with Crippen LogP contribution >= 0.6 is 0 Å². The number of carboxylic acids is 1. The van der Waals surface area contributed by atoms with E-state index >= 15 is 0 Å². The Balaban J connectivity index is 1.89. The fourth-order valence-electron chi connectivity index (χ4n) is 3.66. The van der Waals surface area contributed by atoms with Gasteiger partial charge in [-0.15, -0.1) is 0 Å². The first-order valence-corrected chi connectivity index (χ1v) is 10.6. The molecule has 9 nitrogen and oxygen atoms in total. The molecule has 1 aliphatic heterocycles. The molecule has 1 saturated heterocycles. The van der Waals surface area contributed by atoms with Crippen LogP contribution in [0.25, 0.3) is 0 Å². The van der Waals surface area contributed by atoms with Crippen molar-refractivity contribution in [1.82, 2.24) is 15.5 Å². The van der Waals surface area contributed by atoms with Crippen LogP contribution in [0.5, 0.6) is 0 Å². The number of nitrogens with one attached hydrogen (secondary N) is 2. The number of carbonyl (C=O) groups is 4. The van der Waals surface area contributed by atoms with E-state index in [4.69, 9.17) is 5.73 Å². The lowest BCUT2D eigenvalue weighted by atomic mass is 9.99. The maximum absolute atomic E-state index is 12.8. The predicted octanol–water partition coefficient (Wildman–Crippen LogP) is 0.279. The molecule has 1 heterocycles. The molecule has 170 valence electrons. The molecule has 5 N–H and O–H groups in total. The lowest BCUT2D eigenvalue weighted by Gasteiger charge is -2.27. The first-order valence-electron chi connectivity index (χ1n) is 10.6. The zero-order chi connectivity index (χ0) is 23.0. The maximum atomic E-state index is 12.8. The van der Waals surface area contributed by atoms with Crippen molar-refractivity contribution in [3.05, 3.63) is 35.9 Å². The van der Waals surface area contributed by atoms with Gasteiger partial charge in [-0.1, -0.05) is 50.6 Å². The van der Waals surface area contributed by atoms with Gasteiger partial charge in [0.1, 0.15) is 12.1 Å². The number of nitrogens with two attached hydrogens (primary N) is 1. The third kappa shape index (κ3) is 6.78. The van der Waals surface area contributed by atoms with Crippen molar-refractivity contribution in [3.8, 4) is 0 Å². The summed E-state index contributed by atoms with van der Waals surface area (Å²) < 4.78 is 0. The number of amides is 3. The van der Waals surface area contributed by atoms with E-state index in [1.54, 1.807) is 6.92 Å². The van der Waals surface area contributed by atoms with E-state index < -0.39 is 35.9 Å². The SMILES string of the molecule is CCC(C)C(NC(=O)CNC(=O)C1CCCN1C(=O)C(N)Cc1ccccc1)C(=O)O. The molecular weight excluding hydrogens is 400 g/mol. The molecule has 0 spiro atoms. The van der Waals surface area contributed by atoms with E-state index in [0.717, 1.165) is 5.56 Å². The molecule has 2 rings (SSSR count). The molecule has 31 heavy (non-hydrogen) atoms. The number of nitrogens with zero attached hydrogens (tertiary/aromatic N) is 1. The average Bonchev–Trinajstić information content (AvgIpc) is 3.25. The van der Waals surface area contributed by atoms with Crippen LogP contribution in [0.4, 0.5) is 0 Å². The number of likely N-dealkylation sites (tertiary alicyclic amines) is 1. The summed E-state index contributed by atoms with van der Waals surface area (Å²) in [4.78, 5) is 50.4. The highest BCUT2D eigenvalue weighted by Crippen LogP contribution is 2.19. The Hall–Kier alpha value is -2.94. The summed E-state index contributed by atoms with van der Waals surface area (Å²) in [6.07, 6.45) is 2.12. The number of hydrogen-bond donors (Lipinski definition) is 4. The van der Waals surface area contributed by atoms with Gasteiger partial charge in [-0.2, -0.15) is 0 Å². The first kappa shape index (κ1) is 24.3. The number of rotatable bonds is 10. The first-order chi connectivity index (χ1) is 14.7. The van der Waals surface area contributed by atoms with Crippen LogP contribution in [0, 0.1) is 5.92 Å². The summed E-state index contributed by atoms with van der Waals surface area (Å²) in [6.45, 7) is 3.65. The summed E-state index contributed by atoms with van der Waals surface area (Å²) >= 11 is 0. The Morgan fingerprint density at radius 2 is 1.90 bits per heavy atom. The van der Waals surface area contributed by atoms with Crippen LogP contribution in [-0.4, -0.2) is 64.9 Å². The van der Waals surface area contributed by atoms with Crippen LogP contribution in [0.1, 0.15) is 38.7 Å². The van der Waals surface area contributed by atoms with Gasteiger partial charge in [-0.3, -0.25) is 14.4 Å². The normalized spacial score (nSPS) is 18.7. The number of benzene rings is 1. The topological polar surface area (TPSA) is 142 Å². The van der Waals surface area contributed by atoms with Gasteiger partial charge < -0.3 is 26.4 Å². The second-order valence-corrected chi connectivity index (χ2v) is 7.97. The fourth-order valence-corrected chi connectivity index (χ4v) is 3.66. The van der Waals surface area contributed by atoms with Crippen molar-refractivity contribution in [2.75, 3.05) is 13.1 Å². The van der Waals surface area contributed by atoms with Gasteiger partial charge in [-0.25, -0.2) is 4.79 Å². The van der Waals surface area contributed by atoms with E-state index in [2.05, 4.69) is 10.6 Å². The number of carbonyl (C=O) groups excluding carboxylic acids is 3. The summed E-state index contributed by atoms with van der Waals surface area (Å²) in [6, 6.07) is 6.95. The molecular formula is C22H32N4O5. The zero-order valence-corrected chi connectivity index (χ0v) is 18.0. The van der Waals surface area contributed by atoms with E-state index in [-0.39, 0.29) is 18.4 Å². The monoisotopic (exact) mass is 432 g/mol. The van der Waals surface area contributed by atoms with Gasteiger partial charge in [0.05, 0.1) is 12.6 Å². The molecule has 0 radical (unpaired) electrons. The van der Waals surface area contributed by atoms with Gasteiger partial charge in [0.25, 0.3) is 0 Å². The Bertz CT molecular complexity index is 785. The molecule has 0 aromatic heterocycles. The molecule has 1 aliphatic rings. The standard InChI is InChI=1S/C22H32N4O5/c1-3-14(2)19(22(30)31)25-18(27)13-24-20(28)17-10-7-11-26(17)21(29)16(23)12-15-8-5-4-6-9-15/h4-6,8-9,14,16-17,19H,3,7,10-13,23H2,1-2H3,(H,24,28)(H,25,27)(H,30,31). The molecule has 3 amide bonds. The van der Waals surface area contributed by atoms with E-state index in [1.807, 2.05) is 37.3 Å². The molecule has 4 atom stereocenters. The molecule has 1 aromatic carbocycles. The minimum Gasteiger partial charge on any atom is -0.480 e.